The molecule has 1 saturated heterocycles. The number of aromatic nitrogens is 2. The highest BCUT2D eigenvalue weighted by Crippen LogP contribution is 2.41. The predicted molar refractivity (Wildman–Crippen MR) is 103 cm³/mol. The first-order valence-electron chi connectivity index (χ1n) is 8.19. The van der Waals surface area contributed by atoms with E-state index in [1.807, 2.05) is 37.3 Å². The van der Waals surface area contributed by atoms with Gasteiger partial charge in [0, 0.05) is 0 Å². The molecule has 5 nitrogen and oxygen atoms in total. The van der Waals surface area contributed by atoms with Crippen LogP contribution in [0.5, 0.6) is 5.75 Å². The number of carbonyl (C=O) groups is 1. The van der Waals surface area contributed by atoms with Gasteiger partial charge in [-0.3, -0.25) is 10.2 Å². The first-order valence-corrected chi connectivity index (χ1v) is 9.83. The van der Waals surface area contributed by atoms with Crippen molar-refractivity contribution in [1.82, 2.24) is 10.2 Å². The van der Waals surface area contributed by atoms with Crippen LogP contribution in [0, 0.1) is 5.41 Å². The molecule has 130 valence electrons. The quantitative estimate of drug-likeness (QED) is 0.764. The van der Waals surface area contributed by atoms with E-state index < -0.39 is 5.92 Å². The zero-order chi connectivity index (χ0) is 17.8. The minimum atomic E-state index is -0.596. The van der Waals surface area contributed by atoms with Gasteiger partial charge in [0.2, 0.25) is 0 Å². The average molecular weight is 374 g/mol. The number of aryl methyl sites for hydroxylation is 1. The van der Waals surface area contributed by atoms with Gasteiger partial charge in [0.1, 0.15) is 21.7 Å². The van der Waals surface area contributed by atoms with Crippen molar-refractivity contribution in [3.63, 3.8) is 0 Å². The monoisotopic (exact) mass is 373 g/mol. The number of nitrogens with zero attached hydrogens (tertiary/aromatic N) is 2. The number of ether oxygens (including phenoxy) is 1. The topological polar surface area (TPSA) is 75.9 Å². The minimum absolute atomic E-state index is 0.0693. The molecule has 1 N–H and O–H groups in total. The molecule has 0 amide bonds. The summed E-state index contributed by atoms with van der Waals surface area (Å²) in [4.78, 5) is 13.3. The number of benzene rings is 1. The third-order valence-corrected chi connectivity index (χ3v) is 5.80. The molecule has 7 heteroatoms. The maximum atomic E-state index is 12.7. The van der Waals surface area contributed by atoms with Crippen molar-refractivity contribution < 1.29 is 9.53 Å². The van der Waals surface area contributed by atoms with Gasteiger partial charge < -0.3 is 4.74 Å². The van der Waals surface area contributed by atoms with E-state index in [4.69, 9.17) is 10.1 Å². The number of carbonyl (C=O) groups excluding carboxylic acids is 1. The SMILES string of the molecule is CCCOc1ccc(/C=C2\SC(=N)[C@H](c3nnc(CC)s3)C2=O)cc1. The summed E-state index contributed by atoms with van der Waals surface area (Å²) in [5.74, 6) is 0.155. The summed E-state index contributed by atoms with van der Waals surface area (Å²) in [6.45, 7) is 4.75. The van der Waals surface area contributed by atoms with Gasteiger partial charge in [-0.15, -0.1) is 21.5 Å². The molecule has 25 heavy (non-hydrogen) atoms. The van der Waals surface area contributed by atoms with Crippen LogP contribution in [0.3, 0.4) is 0 Å². The second-order valence-electron chi connectivity index (χ2n) is 5.58. The van der Waals surface area contributed by atoms with Crippen LogP contribution >= 0.6 is 23.1 Å². The number of hydrogen-bond acceptors (Lipinski definition) is 7. The van der Waals surface area contributed by atoms with E-state index in [0.29, 0.717) is 21.6 Å². The van der Waals surface area contributed by atoms with Crippen molar-refractivity contribution in [3.05, 3.63) is 44.7 Å². The molecule has 0 saturated carbocycles. The summed E-state index contributed by atoms with van der Waals surface area (Å²) in [6.07, 6.45) is 3.58. The summed E-state index contributed by atoms with van der Waals surface area (Å²) in [5.41, 5.74) is 0.916. The van der Waals surface area contributed by atoms with Crippen molar-refractivity contribution in [2.24, 2.45) is 0 Å². The summed E-state index contributed by atoms with van der Waals surface area (Å²) < 4.78 is 5.57. The second kappa shape index (κ2) is 7.93. The molecule has 0 radical (unpaired) electrons. The van der Waals surface area contributed by atoms with Crippen LogP contribution in [0.25, 0.3) is 6.08 Å². The lowest BCUT2D eigenvalue weighted by atomic mass is 10.1. The summed E-state index contributed by atoms with van der Waals surface area (Å²) in [6, 6.07) is 7.63. The smallest absolute Gasteiger partial charge is 0.186 e. The largest absolute Gasteiger partial charge is 0.494 e. The van der Waals surface area contributed by atoms with Gasteiger partial charge in [-0.05, 0) is 36.6 Å². The molecule has 3 rings (SSSR count). The molecule has 1 aromatic heterocycles. The van der Waals surface area contributed by atoms with Gasteiger partial charge >= 0.3 is 0 Å². The molecule has 0 spiro atoms. The number of nitrogens with one attached hydrogen (secondary N) is 1. The normalized spacial score (nSPS) is 19.0. The van der Waals surface area contributed by atoms with E-state index in [9.17, 15) is 4.79 Å². The lowest BCUT2D eigenvalue weighted by Crippen LogP contribution is -2.11. The molecule has 0 bridgehead atoms. The van der Waals surface area contributed by atoms with E-state index in [-0.39, 0.29) is 5.78 Å². The number of thioether (sulfide) groups is 1. The molecule has 1 atom stereocenters. The number of Topliss-reactive ketones (excluding diaryl/α,β-unsaturated/α-hetero) is 1. The van der Waals surface area contributed by atoms with Crippen LogP contribution in [0.1, 0.15) is 41.8 Å². The number of rotatable bonds is 6. The Balaban J connectivity index is 1.78. The highest BCUT2D eigenvalue weighted by atomic mass is 32.2. The summed E-state index contributed by atoms with van der Waals surface area (Å²) >= 11 is 2.62. The Labute approximate surface area is 155 Å². The first-order chi connectivity index (χ1) is 12.1. The van der Waals surface area contributed by atoms with E-state index in [0.717, 1.165) is 29.2 Å². The third-order valence-electron chi connectivity index (χ3n) is 3.67. The van der Waals surface area contributed by atoms with E-state index >= 15 is 0 Å². The van der Waals surface area contributed by atoms with Gasteiger partial charge in [-0.2, -0.15) is 0 Å². The summed E-state index contributed by atoms with van der Waals surface area (Å²) in [7, 11) is 0. The Morgan fingerprint density at radius 1 is 1.24 bits per heavy atom. The first kappa shape index (κ1) is 17.8. The van der Waals surface area contributed by atoms with E-state index in [1.165, 1.54) is 23.1 Å². The molecule has 0 aliphatic carbocycles. The number of allylic oxidation sites excluding steroid dienone is 1. The van der Waals surface area contributed by atoms with Gasteiger partial charge in [-0.25, -0.2) is 0 Å². The van der Waals surface area contributed by atoms with Crippen LogP contribution in [-0.4, -0.2) is 27.6 Å². The van der Waals surface area contributed by atoms with Gasteiger partial charge in [0.25, 0.3) is 0 Å². The van der Waals surface area contributed by atoms with Crippen molar-refractivity contribution in [2.75, 3.05) is 6.61 Å². The minimum Gasteiger partial charge on any atom is -0.494 e. The Hall–Kier alpha value is -1.99. The molecule has 1 aromatic carbocycles. The maximum absolute atomic E-state index is 12.7. The second-order valence-corrected chi connectivity index (χ2v) is 7.75. The van der Waals surface area contributed by atoms with Crippen molar-refractivity contribution in [3.8, 4) is 5.75 Å². The zero-order valence-corrected chi connectivity index (χ0v) is 15.7. The van der Waals surface area contributed by atoms with Crippen molar-refractivity contribution in [1.29, 1.82) is 5.41 Å². The van der Waals surface area contributed by atoms with Crippen LogP contribution in [0.2, 0.25) is 0 Å². The fourth-order valence-electron chi connectivity index (χ4n) is 2.37. The Kier molecular flexibility index (Phi) is 5.65. The molecule has 1 aliphatic rings. The lowest BCUT2D eigenvalue weighted by molar-refractivity contribution is -0.114. The third kappa shape index (κ3) is 3.99. The van der Waals surface area contributed by atoms with Crippen LogP contribution in [-0.2, 0) is 11.2 Å². The van der Waals surface area contributed by atoms with E-state index in [2.05, 4.69) is 17.1 Å². The van der Waals surface area contributed by atoms with Crippen molar-refractivity contribution >= 4 is 40.0 Å². The van der Waals surface area contributed by atoms with Gasteiger partial charge in [0.15, 0.2) is 5.78 Å². The molecule has 0 unspecified atom stereocenters. The van der Waals surface area contributed by atoms with Crippen LogP contribution < -0.4 is 4.74 Å². The van der Waals surface area contributed by atoms with E-state index in [1.54, 1.807) is 0 Å². The zero-order valence-electron chi connectivity index (χ0n) is 14.1. The maximum Gasteiger partial charge on any atom is 0.186 e. The number of hydrogen-bond donors (Lipinski definition) is 1. The molecular formula is C18H19N3O2S2. The standard InChI is InChI=1S/C18H19N3O2S2/c1-3-9-23-12-7-5-11(6-8-12)10-13-16(22)15(17(19)24-13)18-21-20-14(4-2)25-18/h5-8,10,15,19H,3-4,9H2,1-2H3/b13-10-,19-17?/t15-/m1/s1. The number of ketones is 1. The Morgan fingerprint density at radius 2 is 2.00 bits per heavy atom. The molecule has 2 heterocycles. The summed E-state index contributed by atoms with van der Waals surface area (Å²) in [5, 5.41) is 18.2. The Bertz CT molecular complexity index is 812. The molecule has 1 fully saturated rings. The molecule has 1 aliphatic heterocycles. The Morgan fingerprint density at radius 3 is 2.64 bits per heavy atom. The highest BCUT2D eigenvalue weighted by molar-refractivity contribution is 8.19. The molecule has 2 aromatic rings. The van der Waals surface area contributed by atoms with Crippen LogP contribution in [0.15, 0.2) is 29.2 Å². The average Bonchev–Trinajstić information content (AvgIpc) is 3.19. The van der Waals surface area contributed by atoms with Crippen LogP contribution in [0.4, 0.5) is 0 Å². The fourth-order valence-corrected chi connectivity index (χ4v) is 4.32. The van der Waals surface area contributed by atoms with Gasteiger partial charge in [0.05, 0.1) is 16.6 Å². The fraction of sp³-hybridized carbons (Fsp3) is 0.333. The highest BCUT2D eigenvalue weighted by Gasteiger charge is 2.39. The lowest BCUT2D eigenvalue weighted by Gasteiger charge is -2.04. The van der Waals surface area contributed by atoms with Crippen molar-refractivity contribution in [2.45, 2.75) is 32.6 Å². The van der Waals surface area contributed by atoms with Gasteiger partial charge in [-0.1, -0.05) is 37.7 Å². The molecular weight excluding hydrogens is 354 g/mol. The predicted octanol–water partition coefficient (Wildman–Crippen LogP) is 4.31.